The summed E-state index contributed by atoms with van der Waals surface area (Å²) in [6, 6.07) is 26.0. The number of carbonyl (C=O) groups is 1. The quantitative estimate of drug-likeness (QED) is 0.484. The van der Waals surface area contributed by atoms with Crippen LogP contribution in [0.15, 0.2) is 89.7 Å². The number of morpholine rings is 1. The van der Waals surface area contributed by atoms with Crippen molar-refractivity contribution >= 4 is 16.7 Å². The van der Waals surface area contributed by atoms with Crippen LogP contribution in [0.1, 0.15) is 22.1 Å². The summed E-state index contributed by atoms with van der Waals surface area (Å²) in [5.41, 5.74) is 1.59. The Kier molecular flexibility index (Phi) is 6.46. The van der Waals surface area contributed by atoms with E-state index in [4.69, 9.17) is 4.74 Å². The molecular weight excluding hydrogens is 428 g/mol. The molecule has 1 aromatic heterocycles. The Balaban J connectivity index is 1.53. The molecule has 1 N–H and O–H groups in total. The lowest BCUT2D eigenvalue weighted by molar-refractivity contribution is 0.0332. The minimum atomic E-state index is -0.317. The molecule has 172 valence electrons. The molecule has 1 saturated heterocycles. The lowest BCUT2D eigenvalue weighted by Gasteiger charge is -2.31. The van der Waals surface area contributed by atoms with E-state index >= 15 is 0 Å². The number of carbonyl (C=O) groups excluding carboxylic acids is 1. The zero-order valence-electron chi connectivity index (χ0n) is 18.8. The number of para-hydroxylation sites is 1. The third-order valence-electron chi connectivity index (χ3n) is 6.07. The Labute approximate surface area is 197 Å². The molecular formula is C27H26N4O3. The Morgan fingerprint density at radius 1 is 0.882 bits per heavy atom. The maximum atomic E-state index is 13.6. The van der Waals surface area contributed by atoms with Gasteiger partial charge in [-0.05, 0) is 23.8 Å². The Morgan fingerprint density at radius 3 is 2.21 bits per heavy atom. The molecule has 0 bridgehead atoms. The molecule has 0 radical (unpaired) electrons. The summed E-state index contributed by atoms with van der Waals surface area (Å²) in [4.78, 5) is 29.1. The molecule has 3 aromatic carbocycles. The Morgan fingerprint density at radius 2 is 1.50 bits per heavy atom. The lowest BCUT2D eigenvalue weighted by atomic mass is 10.0. The molecule has 0 spiro atoms. The third kappa shape index (κ3) is 4.62. The molecule has 4 aromatic rings. The second-order valence-electron chi connectivity index (χ2n) is 8.30. The number of benzene rings is 3. The summed E-state index contributed by atoms with van der Waals surface area (Å²) >= 11 is 0. The van der Waals surface area contributed by atoms with E-state index in [2.05, 4.69) is 15.3 Å². The van der Waals surface area contributed by atoms with E-state index in [1.807, 2.05) is 54.6 Å². The van der Waals surface area contributed by atoms with Gasteiger partial charge in [0.1, 0.15) is 0 Å². The average Bonchev–Trinajstić information content (AvgIpc) is 2.90. The number of nitrogens with zero attached hydrogens (tertiary/aromatic N) is 3. The van der Waals surface area contributed by atoms with Crippen LogP contribution in [-0.2, 0) is 4.74 Å². The van der Waals surface area contributed by atoms with Crippen molar-refractivity contribution in [2.45, 2.75) is 6.04 Å². The normalized spacial score (nSPS) is 15.2. The van der Waals surface area contributed by atoms with Crippen molar-refractivity contribution in [3.63, 3.8) is 0 Å². The van der Waals surface area contributed by atoms with Crippen LogP contribution in [0.4, 0.5) is 0 Å². The smallest absolute Gasteiger partial charge is 0.279 e. The molecule has 1 fully saturated rings. The van der Waals surface area contributed by atoms with Crippen molar-refractivity contribution in [1.82, 2.24) is 20.0 Å². The van der Waals surface area contributed by atoms with Crippen molar-refractivity contribution in [2.24, 2.45) is 0 Å². The predicted molar refractivity (Wildman–Crippen MR) is 131 cm³/mol. The minimum Gasteiger partial charge on any atom is -0.379 e. The van der Waals surface area contributed by atoms with Gasteiger partial charge < -0.3 is 10.1 Å². The second kappa shape index (κ2) is 9.99. The van der Waals surface area contributed by atoms with E-state index in [0.29, 0.717) is 36.2 Å². The highest BCUT2D eigenvalue weighted by atomic mass is 16.5. The molecule has 7 nitrogen and oxygen atoms in total. The van der Waals surface area contributed by atoms with Gasteiger partial charge in [-0.1, -0.05) is 66.7 Å². The number of amides is 1. The van der Waals surface area contributed by atoms with Crippen molar-refractivity contribution in [1.29, 1.82) is 0 Å². The van der Waals surface area contributed by atoms with Gasteiger partial charge in [0.15, 0.2) is 5.69 Å². The molecule has 0 saturated carbocycles. The van der Waals surface area contributed by atoms with Crippen LogP contribution in [0, 0.1) is 0 Å². The Bertz CT molecular complexity index is 1330. The summed E-state index contributed by atoms with van der Waals surface area (Å²) in [6.45, 7) is 3.67. The van der Waals surface area contributed by atoms with Gasteiger partial charge in [0.2, 0.25) is 0 Å². The number of rotatable bonds is 6. The summed E-state index contributed by atoms with van der Waals surface area (Å²) in [5.74, 6) is -0.317. The largest absolute Gasteiger partial charge is 0.379 e. The first-order valence-corrected chi connectivity index (χ1v) is 11.4. The lowest BCUT2D eigenvalue weighted by Crippen LogP contribution is -2.43. The highest BCUT2D eigenvalue weighted by molar-refractivity contribution is 6.05. The maximum absolute atomic E-state index is 13.6. The number of nitrogens with one attached hydrogen (secondary N) is 1. The van der Waals surface area contributed by atoms with E-state index in [9.17, 15) is 9.59 Å². The molecule has 1 atom stereocenters. The van der Waals surface area contributed by atoms with Crippen molar-refractivity contribution < 1.29 is 9.53 Å². The van der Waals surface area contributed by atoms with Crippen molar-refractivity contribution in [3.05, 3.63) is 107 Å². The fraction of sp³-hybridized carbons (Fsp3) is 0.222. The summed E-state index contributed by atoms with van der Waals surface area (Å²) in [6.07, 6.45) is 0. The van der Waals surface area contributed by atoms with Gasteiger partial charge in [-0.15, -0.1) is 0 Å². The standard InChI is InChI=1S/C27H26N4O3/c32-26(28-24(20-9-3-1-4-10-20)19-30-15-17-34-18-16-30)25-22-13-7-8-14-23(22)27(33)31(29-25)21-11-5-2-6-12-21/h1-14,24H,15-19H2,(H,28,32)/t24-/m0/s1. The fourth-order valence-electron chi connectivity index (χ4n) is 4.29. The van der Waals surface area contributed by atoms with Gasteiger partial charge in [-0.25, -0.2) is 0 Å². The zero-order valence-corrected chi connectivity index (χ0v) is 18.8. The SMILES string of the molecule is O=C(N[C@@H](CN1CCOCC1)c1ccccc1)c1nn(-c2ccccc2)c(=O)c2ccccc12. The molecule has 1 aliphatic rings. The average molecular weight is 455 g/mol. The predicted octanol–water partition coefficient (Wildman–Crippen LogP) is 3.19. The van der Waals surface area contributed by atoms with Gasteiger partial charge >= 0.3 is 0 Å². The monoisotopic (exact) mass is 454 g/mol. The first kappa shape index (κ1) is 22.0. The molecule has 5 rings (SSSR count). The van der Waals surface area contributed by atoms with Crippen LogP contribution in [0.25, 0.3) is 16.5 Å². The van der Waals surface area contributed by atoms with Crippen LogP contribution >= 0.6 is 0 Å². The third-order valence-corrected chi connectivity index (χ3v) is 6.07. The number of hydrogen-bond acceptors (Lipinski definition) is 5. The van der Waals surface area contributed by atoms with Gasteiger partial charge in [0.05, 0.1) is 30.3 Å². The summed E-state index contributed by atoms with van der Waals surface area (Å²) in [5, 5.41) is 8.70. The van der Waals surface area contributed by atoms with Gasteiger partial charge in [-0.2, -0.15) is 9.78 Å². The van der Waals surface area contributed by atoms with Crippen LogP contribution in [0.2, 0.25) is 0 Å². The number of ether oxygens (including phenoxy) is 1. The summed E-state index contributed by atoms with van der Waals surface area (Å²) in [7, 11) is 0. The fourth-order valence-corrected chi connectivity index (χ4v) is 4.29. The summed E-state index contributed by atoms with van der Waals surface area (Å²) < 4.78 is 6.78. The molecule has 1 amide bonds. The molecule has 7 heteroatoms. The highest BCUT2D eigenvalue weighted by Gasteiger charge is 2.23. The van der Waals surface area contributed by atoms with E-state index in [0.717, 1.165) is 18.7 Å². The van der Waals surface area contributed by atoms with Gasteiger partial charge in [0.25, 0.3) is 11.5 Å². The molecule has 1 aliphatic heterocycles. The number of fused-ring (bicyclic) bond motifs is 1. The molecule has 0 aliphatic carbocycles. The Hall–Kier alpha value is -3.81. The second-order valence-corrected chi connectivity index (χ2v) is 8.30. The van der Waals surface area contributed by atoms with Crippen LogP contribution in [-0.4, -0.2) is 53.4 Å². The first-order valence-electron chi connectivity index (χ1n) is 11.4. The van der Waals surface area contributed by atoms with Crippen LogP contribution < -0.4 is 10.9 Å². The zero-order chi connectivity index (χ0) is 23.3. The highest BCUT2D eigenvalue weighted by Crippen LogP contribution is 2.19. The van der Waals surface area contributed by atoms with Crippen LogP contribution in [0.5, 0.6) is 0 Å². The minimum absolute atomic E-state index is 0.224. The number of hydrogen-bond donors (Lipinski definition) is 1. The molecule has 2 heterocycles. The van der Waals surface area contributed by atoms with Crippen molar-refractivity contribution in [2.75, 3.05) is 32.8 Å². The van der Waals surface area contributed by atoms with E-state index in [-0.39, 0.29) is 23.2 Å². The van der Waals surface area contributed by atoms with E-state index < -0.39 is 0 Å². The van der Waals surface area contributed by atoms with Gasteiger partial charge in [-0.3, -0.25) is 14.5 Å². The van der Waals surface area contributed by atoms with E-state index in [1.54, 1.807) is 30.3 Å². The topological polar surface area (TPSA) is 76.5 Å². The molecule has 0 unspecified atom stereocenters. The first-order chi connectivity index (χ1) is 16.7. The van der Waals surface area contributed by atoms with Gasteiger partial charge in [0, 0.05) is 25.0 Å². The van der Waals surface area contributed by atoms with E-state index in [1.165, 1.54) is 4.68 Å². The van der Waals surface area contributed by atoms with Crippen molar-refractivity contribution in [3.8, 4) is 5.69 Å². The number of aromatic nitrogens is 2. The molecule has 34 heavy (non-hydrogen) atoms. The maximum Gasteiger partial charge on any atom is 0.279 e. The van der Waals surface area contributed by atoms with Crippen LogP contribution in [0.3, 0.4) is 0 Å².